The first-order valence-corrected chi connectivity index (χ1v) is 4.85. The number of rotatable bonds is 3. The quantitative estimate of drug-likeness (QED) is 0.843. The summed E-state index contributed by atoms with van der Waals surface area (Å²) in [6.45, 7) is 3.36. The third-order valence-corrected chi connectivity index (χ3v) is 2.36. The number of carbonyl (C=O) groups excluding carboxylic acids is 1. The predicted octanol–water partition coefficient (Wildman–Crippen LogP) is 1.64. The molecule has 1 amide bonds. The van der Waals surface area contributed by atoms with Crippen LogP contribution in [-0.2, 0) is 0 Å². The number of halogens is 1. The first kappa shape index (κ1) is 12.1. The molecule has 4 nitrogen and oxygen atoms in total. The molecule has 16 heavy (non-hydrogen) atoms. The standard InChI is InChI=1S/C11H12FN3O/c1-3-11(2,7-13)15-10(16)8-4-5-14-6-9(8)12/h4-6H,3H2,1-2H3,(H,15,16). The average Bonchev–Trinajstić information content (AvgIpc) is 2.29. The highest BCUT2D eigenvalue weighted by atomic mass is 19.1. The minimum absolute atomic E-state index is 0.107. The van der Waals surface area contributed by atoms with Crippen molar-refractivity contribution in [1.82, 2.24) is 10.3 Å². The smallest absolute Gasteiger partial charge is 0.255 e. The number of hydrogen-bond acceptors (Lipinski definition) is 3. The third kappa shape index (κ3) is 2.54. The highest BCUT2D eigenvalue weighted by Crippen LogP contribution is 2.10. The molecule has 1 atom stereocenters. The minimum atomic E-state index is -0.979. The summed E-state index contributed by atoms with van der Waals surface area (Å²) in [5.74, 6) is -1.30. The number of amides is 1. The molecular weight excluding hydrogens is 209 g/mol. The van der Waals surface area contributed by atoms with Gasteiger partial charge in [0.2, 0.25) is 0 Å². The van der Waals surface area contributed by atoms with Crippen LogP contribution in [0.15, 0.2) is 18.5 Å². The Morgan fingerprint density at radius 1 is 1.75 bits per heavy atom. The van der Waals surface area contributed by atoms with E-state index in [2.05, 4.69) is 10.3 Å². The van der Waals surface area contributed by atoms with E-state index in [0.29, 0.717) is 6.42 Å². The minimum Gasteiger partial charge on any atom is -0.334 e. The van der Waals surface area contributed by atoms with Gasteiger partial charge in [0.25, 0.3) is 5.91 Å². The molecule has 1 aromatic rings. The second kappa shape index (κ2) is 4.71. The summed E-state index contributed by atoms with van der Waals surface area (Å²) in [7, 11) is 0. The van der Waals surface area contributed by atoms with E-state index in [1.165, 1.54) is 12.3 Å². The summed E-state index contributed by atoms with van der Waals surface area (Å²) in [6, 6.07) is 3.25. The van der Waals surface area contributed by atoms with Crippen LogP contribution in [0.1, 0.15) is 30.6 Å². The van der Waals surface area contributed by atoms with Crippen molar-refractivity contribution in [2.75, 3.05) is 0 Å². The summed E-state index contributed by atoms with van der Waals surface area (Å²) in [5, 5.41) is 11.4. The van der Waals surface area contributed by atoms with Crippen molar-refractivity contribution < 1.29 is 9.18 Å². The molecule has 84 valence electrons. The molecule has 1 aromatic heterocycles. The second-order valence-corrected chi connectivity index (χ2v) is 3.61. The number of hydrogen-bond donors (Lipinski definition) is 1. The van der Waals surface area contributed by atoms with Crippen molar-refractivity contribution >= 4 is 5.91 Å². The maximum Gasteiger partial charge on any atom is 0.255 e. The van der Waals surface area contributed by atoms with Crippen LogP contribution in [0.25, 0.3) is 0 Å². The average molecular weight is 221 g/mol. The monoisotopic (exact) mass is 221 g/mol. The van der Waals surface area contributed by atoms with Crippen LogP contribution in [0.3, 0.4) is 0 Å². The van der Waals surface area contributed by atoms with E-state index in [1.54, 1.807) is 13.8 Å². The van der Waals surface area contributed by atoms with Gasteiger partial charge in [-0.1, -0.05) is 6.92 Å². The Kier molecular flexibility index (Phi) is 3.56. The van der Waals surface area contributed by atoms with E-state index in [4.69, 9.17) is 5.26 Å². The van der Waals surface area contributed by atoms with Gasteiger partial charge in [0.15, 0.2) is 5.82 Å². The van der Waals surface area contributed by atoms with Gasteiger partial charge in [-0.3, -0.25) is 9.78 Å². The van der Waals surface area contributed by atoms with Crippen LogP contribution in [0.5, 0.6) is 0 Å². The first-order valence-electron chi connectivity index (χ1n) is 4.85. The predicted molar refractivity (Wildman–Crippen MR) is 56.0 cm³/mol. The van der Waals surface area contributed by atoms with Gasteiger partial charge in [0.05, 0.1) is 17.8 Å². The summed E-state index contributed by atoms with van der Waals surface area (Å²) < 4.78 is 13.2. The molecule has 0 saturated heterocycles. The van der Waals surface area contributed by atoms with Gasteiger partial charge in [-0.05, 0) is 19.4 Å². The molecule has 5 heteroatoms. The molecular formula is C11H12FN3O. The maximum atomic E-state index is 13.2. The molecule has 0 fully saturated rings. The number of pyridine rings is 1. The van der Waals surface area contributed by atoms with Crippen molar-refractivity contribution in [3.8, 4) is 6.07 Å². The zero-order chi connectivity index (χ0) is 12.2. The lowest BCUT2D eigenvalue weighted by molar-refractivity contribution is 0.0918. The fourth-order valence-electron chi connectivity index (χ4n) is 1.07. The lowest BCUT2D eigenvalue weighted by Gasteiger charge is -2.21. The van der Waals surface area contributed by atoms with E-state index < -0.39 is 17.3 Å². The van der Waals surface area contributed by atoms with E-state index in [0.717, 1.165) is 6.20 Å². The van der Waals surface area contributed by atoms with E-state index in [-0.39, 0.29) is 5.56 Å². The Bertz CT molecular complexity index is 441. The SMILES string of the molecule is CCC(C)(C#N)NC(=O)c1ccncc1F. The molecule has 0 aromatic carbocycles. The van der Waals surface area contributed by atoms with Crippen LogP contribution in [0, 0.1) is 17.1 Å². The third-order valence-electron chi connectivity index (χ3n) is 2.36. The van der Waals surface area contributed by atoms with Crippen LogP contribution in [0.4, 0.5) is 4.39 Å². The zero-order valence-electron chi connectivity index (χ0n) is 9.12. The maximum absolute atomic E-state index is 13.2. The summed E-state index contributed by atoms with van der Waals surface area (Å²) in [5.41, 5.74) is -1.09. The molecule has 0 radical (unpaired) electrons. The topological polar surface area (TPSA) is 65.8 Å². The van der Waals surface area contributed by atoms with Gasteiger partial charge in [-0.15, -0.1) is 0 Å². The normalized spacial score (nSPS) is 13.6. The van der Waals surface area contributed by atoms with Gasteiger partial charge < -0.3 is 5.32 Å². The van der Waals surface area contributed by atoms with Gasteiger partial charge >= 0.3 is 0 Å². The van der Waals surface area contributed by atoms with Crippen LogP contribution in [0.2, 0.25) is 0 Å². The Morgan fingerprint density at radius 3 is 2.94 bits per heavy atom. The number of aromatic nitrogens is 1. The fraction of sp³-hybridized carbons (Fsp3) is 0.364. The highest BCUT2D eigenvalue weighted by molar-refractivity contribution is 5.95. The summed E-state index contributed by atoms with van der Waals surface area (Å²) >= 11 is 0. The van der Waals surface area contributed by atoms with Crippen molar-refractivity contribution in [1.29, 1.82) is 5.26 Å². The number of nitrogens with one attached hydrogen (secondary N) is 1. The lowest BCUT2D eigenvalue weighted by Crippen LogP contribution is -2.44. The Balaban J connectivity index is 2.90. The molecule has 0 aliphatic rings. The summed E-state index contributed by atoms with van der Waals surface area (Å²) in [4.78, 5) is 15.2. The Hall–Kier alpha value is -1.96. The number of nitriles is 1. The second-order valence-electron chi connectivity index (χ2n) is 3.61. The van der Waals surface area contributed by atoms with Gasteiger partial charge in [0, 0.05) is 6.20 Å². The van der Waals surface area contributed by atoms with Gasteiger partial charge in [-0.25, -0.2) is 4.39 Å². The number of nitrogens with zero attached hydrogens (tertiary/aromatic N) is 2. The number of carbonyl (C=O) groups is 1. The van der Waals surface area contributed by atoms with Gasteiger partial charge in [-0.2, -0.15) is 5.26 Å². The van der Waals surface area contributed by atoms with Crippen molar-refractivity contribution in [2.45, 2.75) is 25.8 Å². The van der Waals surface area contributed by atoms with E-state index >= 15 is 0 Å². The van der Waals surface area contributed by atoms with Crippen LogP contribution < -0.4 is 5.32 Å². The first-order chi connectivity index (χ1) is 7.52. The molecule has 1 heterocycles. The Labute approximate surface area is 93.1 Å². The molecule has 1 rings (SSSR count). The van der Waals surface area contributed by atoms with Crippen LogP contribution in [-0.4, -0.2) is 16.4 Å². The van der Waals surface area contributed by atoms with E-state index in [1.807, 2.05) is 6.07 Å². The molecule has 0 saturated carbocycles. The highest BCUT2D eigenvalue weighted by Gasteiger charge is 2.25. The fourth-order valence-corrected chi connectivity index (χ4v) is 1.07. The van der Waals surface area contributed by atoms with Crippen LogP contribution >= 0.6 is 0 Å². The zero-order valence-corrected chi connectivity index (χ0v) is 9.12. The van der Waals surface area contributed by atoms with E-state index in [9.17, 15) is 9.18 Å². The molecule has 1 N–H and O–H groups in total. The molecule has 0 spiro atoms. The molecule has 0 aliphatic carbocycles. The van der Waals surface area contributed by atoms with Crippen molar-refractivity contribution in [3.63, 3.8) is 0 Å². The largest absolute Gasteiger partial charge is 0.334 e. The lowest BCUT2D eigenvalue weighted by atomic mass is 10.0. The molecule has 0 bridgehead atoms. The Morgan fingerprint density at radius 2 is 2.44 bits per heavy atom. The molecule has 1 unspecified atom stereocenters. The molecule has 0 aliphatic heterocycles. The summed E-state index contributed by atoms with van der Waals surface area (Å²) in [6.07, 6.45) is 2.74. The van der Waals surface area contributed by atoms with Gasteiger partial charge in [0.1, 0.15) is 5.54 Å². The van der Waals surface area contributed by atoms with Crippen molar-refractivity contribution in [2.24, 2.45) is 0 Å². The van der Waals surface area contributed by atoms with Crippen molar-refractivity contribution in [3.05, 3.63) is 29.8 Å².